The molecule has 0 saturated carbocycles. The summed E-state index contributed by atoms with van der Waals surface area (Å²) in [6.45, 7) is 0.876. The molecular weight excluding hydrogens is 443 g/mol. The first-order valence-corrected chi connectivity index (χ1v) is 11.3. The summed E-state index contributed by atoms with van der Waals surface area (Å²) in [4.78, 5) is 12.5. The number of nitrogens with zero attached hydrogens (tertiary/aromatic N) is 2. The summed E-state index contributed by atoms with van der Waals surface area (Å²) in [7, 11) is -3.70. The number of carbonyl (C=O) groups excluding carboxylic acids is 1. The Balaban J connectivity index is 1.78. The number of alkyl halides is 3. The van der Waals surface area contributed by atoms with E-state index >= 15 is 0 Å². The Labute approximate surface area is 184 Å². The zero-order chi connectivity index (χ0) is 23.4. The van der Waals surface area contributed by atoms with E-state index in [0.29, 0.717) is 13.1 Å². The molecule has 0 radical (unpaired) electrons. The van der Waals surface area contributed by atoms with Gasteiger partial charge in [0.05, 0.1) is 10.5 Å². The van der Waals surface area contributed by atoms with E-state index in [1.165, 1.54) is 28.6 Å². The summed E-state index contributed by atoms with van der Waals surface area (Å²) in [6, 6.07) is 11.4. The molecule has 10 heteroatoms. The number of halogens is 3. The molecule has 0 atom stereocenters. The van der Waals surface area contributed by atoms with Gasteiger partial charge in [0.25, 0.3) is 5.91 Å². The van der Waals surface area contributed by atoms with Gasteiger partial charge in [-0.05, 0) is 54.8 Å². The van der Waals surface area contributed by atoms with Gasteiger partial charge in [-0.1, -0.05) is 24.6 Å². The molecule has 168 valence electrons. The fraction of sp³-hybridized carbons (Fsp3) is 0.273. The summed E-state index contributed by atoms with van der Waals surface area (Å²) in [5.41, 5.74) is -0.758. The first-order valence-electron chi connectivity index (χ1n) is 9.82. The van der Waals surface area contributed by atoms with Crippen molar-refractivity contribution in [3.8, 4) is 6.07 Å². The first-order chi connectivity index (χ1) is 15.1. The Morgan fingerprint density at radius 1 is 1.06 bits per heavy atom. The van der Waals surface area contributed by atoms with E-state index < -0.39 is 27.7 Å². The van der Waals surface area contributed by atoms with Crippen LogP contribution in [0.4, 0.5) is 18.9 Å². The molecule has 0 aromatic heterocycles. The van der Waals surface area contributed by atoms with Gasteiger partial charge in [-0.3, -0.25) is 4.79 Å². The quantitative estimate of drug-likeness (QED) is 0.525. The molecule has 32 heavy (non-hydrogen) atoms. The van der Waals surface area contributed by atoms with Crippen LogP contribution in [0.15, 0.2) is 59.0 Å². The summed E-state index contributed by atoms with van der Waals surface area (Å²) in [5.74, 6) is -0.806. The van der Waals surface area contributed by atoms with Gasteiger partial charge in [0.2, 0.25) is 10.0 Å². The molecular formula is C22H20F3N3O3S. The fourth-order valence-electron chi connectivity index (χ4n) is 3.27. The predicted octanol–water partition coefficient (Wildman–Crippen LogP) is 4.43. The molecule has 1 aliphatic rings. The van der Waals surface area contributed by atoms with Gasteiger partial charge in [0, 0.05) is 18.8 Å². The van der Waals surface area contributed by atoms with Crippen LogP contribution in [0.2, 0.25) is 0 Å². The highest BCUT2D eigenvalue weighted by molar-refractivity contribution is 7.89. The topological polar surface area (TPSA) is 90.3 Å². The van der Waals surface area contributed by atoms with Crippen molar-refractivity contribution in [1.82, 2.24) is 4.31 Å². The molecule has 1 saturated heterocycles. The molecule has 0 unspecified atom stereocenters. The molecule has 2 aromatic carbocycles. The van der Waals surface area contributed by atoms with Crippen LogP contribution in [0.5, 0.6) is 0 Å². The van der Waals surface area contributed by atoms with Crippen molar-refractivity contribution in [3.05, 3.63) is 65.2 Å². The highest BCUT2D eigenvalue weighted by Crippen LogP contribution is 2.29. The predicted molar refractivity (Wildman–Crippen MR) is 113 cm³/mol. The Morgan fingerprint density at radius 2 is 1.72 bits per heavy atom. The third-order valence-electron chi connectivity index (χ3n) is 4.96. The number of anilines is 1. The third-order valence-corrected chi connectivity index (χ3v) is 6.85. The van der Waals surface area contributed by atoms with Gasteiger partial charge in [0.1, 0.15) is 11.6 Å². The van der Waals surface area contributed by atoms with E-state index in [9.17, 15) is 31.6 Å². The van der Waals surface area contributed by atoms with Crippen molar-refractivity contribution < 1.29 is 26.4 Å². The van der Waals surface area contributed by atoms with Crippen molar-refractivity contribution in [2.75, 3.05) is 18.4 Å². The molecule has 6 nitrogen and oxygen atoms in total. The van der Waals surface area contributed by atoms with Crippen LogP contribution in [0.3, 0.4) is 0 Å². The monoisotopic (exact) mass is 463 g/mol. The molecule has 2 aromatic rings. The number of nitriles is 1. The van der Waals surface area contributed by atoms with Crippen LogP contribution in [0.25, 0.3) is 6.08 Å². The zero-order valence-corrected chi connectivity index (χ0v) is 17.7. The third kappa shape index (κ3) is 5.55. The van der Waals surface area contributed by atoms with Crippen molar-refractivity contribution in [1.29, 1.82) is 5.26 Å². The number of benzene rings is 2. The summed E-state index contributed by atoms with van der Waals surface area (Å²) in [5, 5.41) is 11.8. The number of rotatable bonds is 5. The molecule has 3 rings (SSSR count). The lowest BCUT2D eigenvalue weighted by Gasteiger charge is -2.26. The number of hydrogen-bond acceptors (Lipinski definition) is 4. The van der Waals surface area contributed by atoms with E-state index in [0.717, 1.165) is 49.6 Å². The molecule has 1 N–H and O–H groups in total. The van der Waals surface area contributed by atoms with E-state index in [-0.39, 0.29) is 21.7 Å². The summed E-state index contributed by atoms with van der Waals surface area (Å²) in [6.07, 6.45) is -0.781. The average molecular weight is 463 g/mol. The van der Waals surface area contributed by atoms with Crippen LogP contribution >= 0.6 is 0 Å². The van der Waals surface area contributed by atoms with Crippen LogP contribution in [-0.2, 0) is 21.0 Å². The van der Waals surface area contributed by atoms with E-state index in [2.05, 4.69) is 5.32 Å². The van der Waals surface area contributed by atoms with Crippen LogP contribution in [0, 0.1) is 11.3 Å². The number of piperidine rings is 1. The first kappa shape index (κ1) is 23.5. The maximum atomic E-state index is 12.8. The number of carbonyl (C=O) groups is 1. The molecule has 1 amide bonds. The Kier molecular flexibility index (Phi) is 7.01. The number of sulfonamides is 1. The van der Waals surface area contributed by atoms with Crippen molar-refractivity contribution in [2.24, 2.45) is 0 Å². The number of hydrogen-bond donors (Lipinski definition) is 1. The maximum Gasteiger partial charge on any atom is 0.416 e. The smallest absolute Gasteiger partial charge is 0.321 e. The molecule has 1 aliphatic heterocycles. The van der Waals surface area contributed by atoms with Crippen LogP contribution < -0.4 is 5.32 Å². The highest BCUT2D eigenvalue weighted by Gasteiger charge is 2.30. The molecule has 1 heterocycles. The minimum Gasteiger partial charge on any atom is -0.321 e. The molecule has 0 bridgehead atoms. The van der Waals surface area contributed by atoms with Gasteiger partial charge in [-0.15, -0.1) is 0 Å². The fourth-order valence-corrected chi connectivity index (χ4v) is 4.83. The normalized spacial score (nSPS) is 15.8. The lowest BCUT2D eigenvalue weighted by molar-refractivity contribution is -0.137. The van der Waals surface area contributed by atoms with E-state index in [1.807, 2.05) is 0 Å². The van der Waals surface area contributed by atoms with E-state index in [4.69, 9.17) is 0 Å². The number of nitrogens with one attached hydrogen (secondary N) is 1. The second kappa shape index (κ2) is 9.54. The van der Waals surface area contributed by atoms with Gasteiger partial charge >= 0.3 is 6.18 Å². The Morgan fingerprint density at radius 3 is 2.31 bits per heavy atom. The minimum atomic E-state index is -4.49. The SMILES string of the molecule is N#C/C(=C\c1ccc(C(F)(F)F)cc1)C(=O)Nc1cccc(S(=O)(=O)N2CCCCC2)c1. The minimum absolute atomic E-state index is 0.0300. The Hall–Kier alpha value is -3.16. The van der Waals surface area contributed by atoms with E-state index in [1.54, 1.807) is 6.07 Å². The standard InChI is InChI=1S/C22H20F3N3O3S/c23-22(24,25)18-9-7-16(8-10-18)13-17(15-26)21(29)27-19-5-4-6-20(14-19)32(30,31)28-11-2-1-3-12-28/h4-10,13-14H,1-3,11-12H2,(H,27,29)/b17-13+. The van der Waals surface area contributed by atoms with Gasteiger partial charge in [-0.2, -0.15) is 22.7 Å². The summed E-state index contributed by atoms with van der Waals surface area (Å²) < 4.78 is 65.1. The largest absolute Gasteiger partial charge is 0.416 e. The molecule has 0 spiro atoms. The van der Waals surface area contributed by atoms with Crippen molar-refractivity contribution in [3.63, 3.8) is 0 Å². The highest BCUT2D eigenvalue weighted by atomic mass is 32.2. The van der Waals surface area contributed by atoms with Crippen LogP contribution in [-0.4, -0.2) is 31.7 Å². The Bertz CT molecular complexity index is 1160. The molecule has 0 aliphatic carbocycles. The second-order valence-electron chi connectivity index (χ2n) is 7.24. The maximum absolute atomic E-state index is 12.8. The average Bonchev–Trinajstić information content (AvgIpc) is 2.78. The van der Waals surface area contributed by atoms with Crippen molar-refractivity contribution in [2.45, 2.75) is 30.3 Å². The second-order valence-corrected chi connectivity index (χ2v) is 9.17. The lowest BCUT2D eigenvalue weighted by atomic mass is 10.1. The van der Waals surface area contributed by atoms with Gasteiger partial charge in [0.15, 0.2) is 0 Å². The summed E-state index contributed by atoms with van der Waals surface area (Å²) >= 11 is 0. The molecule has 1 fully saturated rings. The van der Waals surface area contributed by atoms with Crippen LogP contribution in [0.1, 0.15) is 30.4 Å². The van der Waals surface area contributed by atoms with Gasteiger partial charge < -0.3 is 5.32 Å². The van der Waals surface area contributed by atoms with Gasteiger partial charge in [-0.25, -0.2) is 8.42 Å². The lowest BCUT2D eigenvalue weighted by Crippen LogP contribution is -2.35. The number of amides is 1. The van der Waals surface area contributed by atoms with Crippen molar-refractivity contribution >= 4 is 27.7 Å². The zero-order valence-electron chi connectivity index (χ0n) is 16.9.